The molecule has 0 saturated carbocycles. The number of ether oxygens (including phenoxy) is 2. The van der Waals surface area contributed by atoms with Crippen LogP contribution in [0.2, 0.25) is 0 Å². The SMILES string of the molecule is COc1cc([C@H](O)C[C@@H](N)C(F)(F)F)cc(OC)c1O. The first kappa shape index (κ1) is 16.4. The fourth-order valence-corrected chi connectivity index (χ4v) is 1.62. The molecule has 0 aliphatic heterocycles. The fourth-order valence-electron chi connectivity index (χ4n) is 1.62. The van der Waals surface area contributed by atoms with Gasteiger partial charge < -0.3 is 25.4 Å². The van der Waals surface area contributed by atoms with Crippen LogP contribution in [0.25, 0.3) is 0 Å². The molecule has 0 spiro atoms. The largest absolute Gasteiger partial charge is 0.502 e. The summed E-state index contributed by atoms with van der Waals surface area (Å²) in [4.78, 5) is 0. The second-order valence-corrected chi connectivity index (χ2v) is 4.17. The van der Waals surface area contributed by atoms with Gasteiger partial charge in [-0.25, -0.2) is 0 Å². The van der Waals surface area contributed by atoms with Crippen molar-refractivity contribution in [2.24, 2.45) is 5.73 Å². The maximum absolute atomic E-state index is 12.4. The molecule has 0 saturated heterocycles. The number of benzene rings is 1. The van der Waals surface area contributed by atoms with Crippen molar-refractivity contribution in [2.75, 3.05) is 14.2 Å². The van der Waals surface area contributed by atoms with Crippen molar-refractivity contribution in [3.8, 4) is 17.2 Å². The average molecular weight is 295 g/mol. The van der Waals surface area contributed by atoms with Crippen LogP contribution in [0.5, 0.6) is 17.2 Å². The second-order valence-electron chi connectivity index (χ2n) is 4.17. The van der Waals surface area contributed by atoms with E-state index in [4.69, 9.17) is 15.2 Å². The van der Waals surface area contributed by atoms with Crippen LogP contribution in [0.4, 0.5) is 13.2 Å². The van der Waals surface area contributed by atoms with E-state index in [1.165, 1.54) is 26.4 Å². The second kappa shape index (κ2) is 6.19. The predicted octanol–water partition coefficient (Wildman–Crippen LogP) is 1.72. The van der Waals surface area contributed by atoms with Gasteiger partial charge in [-0.2, -0.15) is 13.2 Å². The molecule has 0 bridgehead atoms. The van der Waals surface area contributed by atoms with Crippen LogP contribution >= 0.6 is 0 Å². The first-order valence-electron chi connectivity index (χ1n) is 5.66. The van der Waals surface area contributed by atoms with Gasteiger partial charge in [-0.1, -0.05) is 0 Å². The molecule has 1 rings (SSSR count). The minimum absolute atomic E-state index is 0.0148. The van der Waals surface area contributed by atoms with Crippen molar-refractivity contribution in [3.63, 3.8) is 0 Å². The molecule has 4 N–H and O–H groups in total. The maximum Gasteiger partial charge on any atom is 0.403 e. The third kappa shape index (κ3) is 3.67. The first-order chi connectivity index (χ1) is 9.20. The van der Waals surface area contributed by atoms with E-state index in [-0.39, 0.29) is 22.8 Å². The minimum Gasteiger partial charge on any atom is -0.502 e. The molecule has 2 atom stereocenters. The number of methoxy groups -OCH3 is 2. The summed E-state index contributed by atoms with van der Waals surface area (Å²) in [5.41, 5.74) is 5.07. The number of phenols is 1. The van der Waals surface area contributed by atoms with Gasteiger partial charge in [-0.05, 0) is 17.7 Å². The Balaban J connectivity index is 3.01. The lowest BCUT2D eigenvalue weighted by atomic mass is 10.0. The molecule has 20 heavy (non-hydrogen) atoms. The van der Waals surface area contributed by atoms with Gasteiger partial charge in [-0.15, -0.1) is 0 Å². The van der Waals surface area contributed by atoms with Gasteiger partial charge in [-0.3, -0.25) is 0 Å². The van der Waals surface area contributed by atoms with Crippen molar-refractivity contribution in [1.29, 1.82) is 0 Å². The average Bonchev–Trinajstić information content (AvgIpc) is 2.37. The summed E-state index contributed by atoms with van der Waals surface area (Å²) in [5, 5.41) is 19.5. The molecule has 0 aliphatic carbocycles. The standard InChI is InChI=1S/C12H16F3NO4/c1-19-8-3-6(4-9(20-2)11(8)18)7(17)5-10(16)12(13,14)15/h3-4,7,10,17-18H,5,16H2,1-2H3/t7-,10-/m1/s1. The Hall–Kier alpha value is -1.67. The van der Waals surface area contributed by atoms with Crippen molar-refractivity contribution >= 4 is 0 Å². The summed E-state index contributed by atoms with van der Waals surface area (Å²) in [5.74, 6) is -0.330. The van der Waals surface area contributed by atoms with Crippen LogP contribution in [0.3, 0.4) is 0 Å². The van der Waals surface area contributed by atoms with Gasteiger partial charge in [0.1, 0.15) is 6.04 Å². The summed E-state index contributed by atoms with van der Waals surface area (Å²) in [6.45, 7) is 0. The molecular weight excluding hydrogens is 279 g/mol. The zero-order valence-electron chi connectivity index (χ0n) is 10.9. The highest BCUT2D eigenvalue weighted by molar-refractivity contribution is 5.53. The Bertz CT molecular complexity index is 440. The number of hydrogen-bond acceptors (Lipinski definition) is 5. The summed E-state index contributed by atoms with van der Waals surface area (Å²) >= 11 is 0. The molecule has 0 unspecified atom stereocenters. The van der Waals surface area contributed by atoms with Gasteiger partial charge in [0, 0.05) is 6.42 Å². The molecule has 0 aromatic heterocycles. The fraction of sp³-hybridized carbons (Fsp3) is 0.500. The first-order valence-corrected chi connectivity index (χ1v) is 5.66. The van der Waals surface area contributed by atoms with Crippen molar-refractivity contribution in [2.45, 2.75) is 24.7 Å². The van der Waals surface area contributed by atoms with Gasteiger partial charge in [0.05, 0.1) is 20.3 Å². The molecule has 0 amide bonds. The normalized spacial score (nSPS) is 14.8. The zero-order chi connectivity index (χ0) is 15.5. The number of rotatable bonds is 5. The molecule has 0 radical (unpaired) electrons. The molecule has 8 heteroatoms. The van der Waals surface area contributed by atoms with E-state index in [2.05, 4.69) is 0 Å². The molecule has 1 aromatic carbocycles. The van der Waals surface area contributed by atoms with E-state index >= 15 is 0 Å². The highest BCUT2D eigenvalue weighted by atomic mass is 19.4. The van der Waals surface area contributed by atoms with E-state index in [1.54, 1.807) is 0 Å². The van der Waals surface area contributed by atoms with Crippen LogP contribution in [0.15, 0.2) is 12.1 Å². The van der Waals surface area contributed by atoms with Crippen LogP contribution in [0, 0.1) is 0 Å². The molecule has 114 valence electrons. The number of aliphatic hydroxyl groups is 1. The number of hydrogen-bond donors (Lipinski definition) is 3. The van der Waals surface area contributed by atoms with Crippen LogP contribution in [-0.2, 0) is 0 Å². The lowest BCUT2D eigenvalue weighted by Gasteiger charge is -2.20. The lowest BCUT2D eigenvalue weighted by molar-refractivity contribution is -0.153. The summed E-state index contributed by atoms with van der Waals surface area (Å²) in [7, 11) is 2.54. The quantitative estimate of drug-likeness (QED) is 0.770. The molecule has 0 aliphatic rings. The number of alkyl halides is 3. The third-order valence-electron chi connectivity index (χ3n) is 2.78. The molecule has 0 fully saturated rings. The van der Waals surface area contributed by atoms with Gasteiger partial charge in [0.2, 0.25) is 5.75 Å². The summed E-state index contributed by atoms with van der Waals surface area (Å²) in [6, 6.07) is 0.306. The predicted molar refractivity (Wildman–Crippen MR) is 64.8 cm³/mol. The molecule has 1 aromatic rings. The van der Waals surface area contributed by atoms with E-state index in [0.29, 0.717) is 0 Å². The minimum atomic E-state index is -4.59. The zero-order valence-corrected chi connectivity index (χ0v) is 10.9. The Morgan fingerprint density at radius 2 is 1.65 bits per heavy atom. The highest BCUT2D eigenvalue weighted by Gasteiger charge is 2.38. The number of nitrogens with two attached hydrogens (primary N) is 1. The van der Waals surface area contributed by atoms with E-state index in [0.717, 1.165) is 0 Å². The number of aromatic hydroxyl groups is 1. The maximum atomic E-state index is 12.4. The monoisotopic (exact) mass is 295 g/mol. The Morgan fingerprint density at radius 3 is 2.00 bits per heavy atom. The van der Waals surface area contributed by atoms with Crippen molar-refractivity contribution < 1.29 is 32.9 Å². The van der Waals surface area contributed by atoms with Gasteiger partial charge in [0.15, 0.2) is 11.5 Å². The topological polar surface area (TPSA) is 84.9 Å². The number of phenolic OH excluding ortho intramolecular Hbond substituents is 1. The van der Waals surface area contributed by atoms with Gasteiger partial charge >= 0.3 is 6.18 Å². The summed E-state index contributed by atoms with van der Waals surface area (Å²) < 4.78 is 46.8. The Kier molecular flexibility index (Phi) is 5.07. The molecule has 0 heterocycles. The molecule has 5 nitrogen and oxygen atoms in total. The van der Waals surface area contributed by atoms with E-state index in [1.807, 2.05) is 0 Å². The van der Waals surface area contributed by atoms with Crippen molar-refractivity contribution in [1.82, 2.24) is 0 Å². The van der Waals surface area contributed by atoms with Crippen molar-refractivity contribution in [3.05, 3.63) is 17.7 Å². The lowest BCUT2D eigenvalue weighted by Crippen LogP contribution is -2.38. The number of aliphatic hydroxyl groups excluding tert-OH is 1. The smallest absolute Gasteiger partial charge is 0.403 e. The van der Waals surface area contributed by atoms with Crippen LogP contribution in [0.1, 0.15) is 18.1 Å². The Labute approximate surface area is 113 Å². The van der Waals surface area contributed by atoms with Crippen LogP contribution < -0.4 is 15.2 Å². The number of halogens is 3. The summed E-state index contributed by atoms with van der Waals surface area (Å²) in [6.07, 6.45) is -6.76. The van der Waals surface area contributed by atoms with Crippen LogP contribution in [-0.4, -0.2) is 36.7 Å². The van der Waals surface area contributed by atoms with E-state index < -0.39 is 24.7 Å². The van der Waals surface area contributed by atoms with E-state index in [9.17, 15) is 23.4 Å². The third-order valence-corrected chi connectivity index (χ3v) is 2.78. The molecular formula is C12H16F3NO4. The highest BCUT2D eigenvalue weighted by Crippen LogP contribution is 2.39. The van der Waals surface area contributed by atoms with Gasteiger partial charge in [0.25, 0.3) is 0 Å². The Morgan fingerprint density at radius 1 is 1.20 bits per heavy atom.